The lowest BCUT2D eigenvalue weighted by Gasteiger charge is -2.09. The van der Waals surface area contributed by atoms with E-state index in [1.807, 2.05) is 13.8 Å². The molecule has 0 bridgehead atoms. The lowest BCUT2D eigenvalue weighted by Crippen LogP contribution is -2.32. The van der Waals surface area contributed by atoms with Gasteiger partial charge in [-0.1, -0.05) is 6.92 Å². The van der Waals surface area contributed by atoms with Crippen LogP contribution in [0.15, 0.2) is 36.5 Å². The first-order valence-corrected chi connectivity index (χ1v) is 6.62. The van der Waals surface area contributed by atoms with Crippen molar-refractivity contribution in [1.29, 1.82) is 0 Å². The molecule has 1 atom stereocenters. The van der Waals surface area contributed by atoms with Crippen molar-refractivity contribution < 1.29 is 9.72 Å². The van der Waals surface area contributed by atoms with Crippen LogP contribution in [0, 0.1) is 10.1 Å². The molecule has 21 heavy (non-hydrogen) atoms. The zero-order valence-electron chi connectivity index (χ0n) is 11.8. The van der Waals surface area contributed by atoms with Crippen LogP contribution in [-0.2, 0) is 0 Å². The molecule has 1 unspecified atom stereocenters. The second-order valence-electron chi connectivity index (χ2n) is 4.70. The van der Waals surface area contributed by atoms with Crippen molar-refractivity contribution in [3.8, 4) is 5.69 Å². The zero-order valence-corrected chi connectivity index (χ0v) is 11.8. The predicted octanol–water partition coefficient (Wildman–Crippen LogP) is 2.31. The molecule has 0 aliphatic rings. The van der Waals surface area contributed by atoms with Crippen LogP contribution in [0.3, 0.4) is 0 Å². The van der Waals surface area contributed by atoms with E-state index in [9.17, 15) is 14.9 Å². The maximum absolute atomic E-state index is 11.9. The first-order valence-electron chi connectivity index (χ1n) is 6.62. The number of nitro benzene ring substituents is 1. The zero-order chi connectivity index (χ0) is 15.4. The van der Waals surface area contributed by atoms with Gasteiger partial charge in [0.2, 0.25) is 0 Å². The number of carbonyl (C=O) groups is 1. The van der Waals surface area contributed by atoms with Crippen molar-refractivity contribution in [2.45, 2.75) is 26.3 Å². The molecule has 1 aromatic carbocycles. The highest BCUT2D eigenvalue weighted by molar-refractivity contribution is 5.92. The van der Waals surface area contributed by atoms with Gasteiger partial charge < -0.3 is 5.32 Å². The molecular weight excluding hydrogens is 272 g/mol. The van der Waals surface area contributed by atoms with E-state index in [0.29, 0.717) is 11.4 Å². The number of carbonyl (C=O) groups excluding carboxylic acids is 1. The fourth-order valence-electron chi connectivity index (χ4n) is 1.72. The average molecular weight is 288 g/mol. The topological polar surface area (TPSA) is 90.1 Å². The summed E-state index contributed by atoms with van der Waals surface area (Å²) in [5.41, 5.74) is 0.984. The van der Waals surface area contributed by atoms with E-state index in [1.165, 1.54) is 16.8 Å². The van der Waals surface area contributed by atoms with Gasteiger partial charge in [-0.3, -0.25) is 14.9 Å². The number of hydrogen-bond acceptors (Lipinski definition) is 4. The summed E-state index contributed by atoms with van der Waals surface area (Å²) in [5, 5.41) is 17.6. The Morgan fingerprint density at radius 2 is 2.05 bits per heavy atom. The quantitative estimate of drug-likeness (QED) is 0.675. The highest BCUT2D eigenvalue weighted by Crippen LogP contribution is 2.15. The SMILES string of the molecule is CCC(C)NC(=O)c1ccn(-c2ccc([N+](=O)[O-])cc2)n1. The fraction of sp³-hybridized carbons (Fsp3) is 0.286. The van der Waals surface area contributed by atoms with Crippen molar-refractivity contribution in [3.63, 3.8) is 0 Å². The molecule has 2 rings (SSSR count). The number of hydrogen-bond donors (Lipinski definition) is 1. The van der Waals surface area contributed by atoms with Gasteiger partial charge in [-0.15, -0.1) is 0 Å². The molecule has 7 heteroatoms. The largest absolute Gasteiger partial charge is 0.348 e. The first kappa shape index (κ1) is 14.7. The molecule has 2 aromatic rings. The Morgan fingerprint density at radius 3 is 2.62 bits per heavy atom. The molecule has 0 radical (unpaired) electrons. The lowest BCUT2D eigenvalue weighted by molar-refractivity contribution is -0.384. The molecule has 0 aliphatic heterocycles. The molecule has 1 heterocycles. The summed E-state index contributed by atoms with van der Waals surface area (Å²) >= 11 is 0. The number of nitro groups is 1. The molecular formula is C14H16N4O3. The number of aromatic nitrogens is 2. The second-order valence-corrected chi connectivity index (χ2v) is 4.70. The number of rotatable bonds is 5. The summed E-state index contributed by atoms with van der Waals surface area (Å²) in [5.74, 6) is -0.231. The molecule has 7 nitrogen and oxygen atoms in total. The van der Waals surface area contributed by atoms with Crippen LogP contribution in [0.25, 0.3) is 5.69 Å². The molecule has 0 spiro atoms. The molecule has 0 saturated carbocycles. The molecule has 1 N–H and O–H groups in total. The van der Waals surface area contributed by atoms with Gasteiger partial charge in [0.15, 0.2) is 5.69 Å². The number of nitrogens with one attached hydrogen (secondary N) is 1. The number of non-ortho nitro benzene ring substituents is 1. The Kier molecular flexibility index (Phi) is 4.32. The van der Waals surface area contributed by atoms with Gasteiger partial charge in [-0.05, 0) is 31.5 Å². The standard InChI is InChI=1S/C14H16N4O3/c1-3-10(2)15-14(19)13-8-9-17(16-13)11-4-6-12(7-5-11)18(20)21/h4-10H,3H2,1-2H3,(H,15,19). The molecule has 1 amide bonds. The third-order valence-electron chi connectivity index (χ3n) is 3.14. The Labute approximate surface area is 121 Å². The van der Waals surface area contributed by atoms with E-state index in [0.717, 1.165) is 6.42 Å². The minimum absolute atomic E-state index is 0.0145. The summed E-state index contributed by atoms with van der Waals surface area (Å²) in [7, 11) is 0. The summed E-state index contributed by atoms with van der Waals surface area (Å²) in [6.07, 6.45) is 2.49. The third-order valence-corrected chi connectivity index (χ3v) is 3.14. The summed E-state index contributed by atoms with van der Waals surface area (Å²) in [6.45, 7) is 3.91. The monoisotopic (exact) mass is 288 g/mol. The van der Waals surface area contributed by atoms with Gasteiger partial charge in [0.05, 0.1) is 10.6 Å². The minimum Gasteiger partial charge on any atom is -0.348 e. The van der Waals surface area contributed by atoms with Gasteiger partial charge in [0.25, 0.3) is 11.6 Å². The van der Waals surface area contributed by atoms with E-state index >= 15 is 0 Å². The molecule has 0 aliphatic carbocycles. The molecule has 0 fully saturated rings. The van der Waals surface area contributed by atoms with E-state index in [-0.39, 0.29) is 17.6 Å². The van der Waals surface area contributed by atoms with Crippen LogP contribution in [0.4, 0.5) is 5.69 Å². The Hall–Kier alpha value is -2.70. The lowest BCUT2D eigenvalue weighted by atomic mass is 10.2. The highest BCUT2D eigenvalue weighted by atomic mass is 16.6. The van der Waals surface area contributed by atoms with Crippen LogP contribution in [0.2, 0.25) is 0 Å². The van der Waals surface area contributed by atoms with Crippen molar-refractivity contribution in [2.24, 2.45) is 0 Å². The van der Waals surface area contributed by atoms with Crippen molar-refractivity contribution in [1.82, 2.24) is 15.1 Å². The van der Waals surface area contributed by atoms with Gasteiger partial charge in [0.1, 0.15) is 0 Å². The van der Waals surface area contributed by atoms with Gasteiger partial charge in [-0.25, -0.2) is 4.68 Å². The van der Waals surface area contributed by atoms with Crippen LogP contribution in [0.1, 0.15) is 30.8 Å². The van der Waals surface area contributed by atoms with Crippen LogP contribution in [0.5, 0.6) is 0 Å². The second kappa shape index (κ2) is 6.17. The Bertz CT molecular complexity index is 648. The maximum atomic E-state index is 11.9. The summed E-state index contributed by atoms with van der Waals surface area (Å²) in [4.78, 5) is 22.1. The highest BCUT2D eigenvalue weighted by Gasteiger charge is 2.12. The van der Waals surface area contributed by atoms with Crippen molar-refractivity contribution >= 4 is 11.6 Å². The molecule has 0 saturated heterocycles. The van der Waals surface area contributed by atoms with E-state index in [1.54, 1.807) is 24.4 Å². The number of benzene rings is 1. The van der Waals surface area contributed by atoms with E-state index < -0.39 is 4.92 Å². The van der Waals surface area contributed by atoms with E-state index in [4.69, 9.17) is 0 Å². The van der Waals surface area contributed by atoms with Gasteiger partial charge in [0, 0.05) is 24.4 Å². The van der Waals surface area contributed by atoms with Crippen LogP contribution in [-0.4, -0.2) is 26.7 Å². The van der Waals surface area contributed by atoms with Gasteiger partial charge >= 0.3 is 0 Å². The Balaban J connectivity index is 2.15. The normalized spacial score (nSPS) is 11.9. The van der Waals surface area contributed by atoms with Crippen LogP contribution >= 0.6 is 0 Å². The summed E-state index contributed by atoms with van der Waals surface area (Å²) in [6, 6.07) is 7.66. The minimum atomic E-state index is -0.460. The fourth-order valence-corrected chi connectivity index (χ4v) is 1.72. The van der Waals surface area contributed by atoms with Crippen molar-refractivity contribution in [2.75, 3.05) is 0 Å². The van der Waals surface area contributed by atoms with Crippen LogP contribution < -0.4 is 5.32 Å². The maximum Gasteiger partial charge on any atom is 0.271 e. The molecule has 1 aromatic heterocycles. The Morgan fingerprint density at radius 1 is 1.38 bits per heavy atom. The van der Waals surface area contributed by atoms with E-state index in [2.05, 4.69) is 10.4 Å². The smallest absolute Gasteiger partial charge is 0.271 e. The average Bonchev–Trinajstić information content (AvgIpc) is 2.97. The van der Waals surface area contributed by atoms with Crippen molar-refractivity contribution in [3.05, 3.63) is 52.3 Å². The number of nitrogens with zero attached hydrogens (tertiary/aromatic N) is 3. The summed E-state index contributed by atoms with van der Waals surface area (Å²) < 4.78 is 1.51. The molecule has 110 valence electrons. The predicted molar refractivity (Wildman–Crippen MR) is 77.4 cm³/mol. The number of amides is 1. The third kappa shape index (κ3) is 3.44. The first-order chi connectivity index (χ1) is 10.0. The van der Waals surface area contributed by atoms with Gasteiger partial charge in [-0.2, -0.15) is 5.10 Å².